The molecule has 0 saturated heterocycles. The molecule has 0 aliphatic carbocycles. The Kier molecular flexibility index (Phi) is 3.76. The molecule has 1 amide bonds. The van der Waals surface area contributed by atoms with Crippen LogP contribution in [0.5, 0.6) is 0 Å². The third kappa shape index (κ3) is 3.02. The van der Waals surface area contributed by atoms with Crippen LogP contribution in [-0.2, 0) is 11.3 Å². The first kappa shape index (κ1) is 14.5. The van der Waals surface area contributed by atoms with E-state index in [1.165, 1.54) is 16.1 Å². The molecule has 2 heterocycles. The van der Waals surface area contributed by atoms with E-state index in [2.05, 4.69) is 20.7 Å². The zero-order chi connectivity index (χ0) is 16.4. The average molecular weight is 335 g/mol. The molecule has 0 bridgehead atoms. The van der Waals surface area contributed by atoms with Crippen LogP contribution in [0, 0.1) is 0 Å². The lowest BCUT2D eigenvalue weighted by atomic mass is 10.1. The maximum atomic E-state index is 12.2. The van der Waals surface area contributed by atoms with Crippen LogP contribution in [0.4, 0.5) is 5.69 Å². The second-order valence-corrected chi connectivity index (χ2v) is 6.18. The molecule has 6 nitrogen and oxygen atoms in total. The summed E-state index contributed by atoms with van der Waals surface area (Å²) in [6.07, 6.45) is 0. The zero-order valence-electron chi connectivity index (χ0n) is 12.6. The number of amides is 1. The van der Waals surface area contributed by atoms with E-state index in [0.717, 1.165) is 21.3 Å². The van der Waals surface area contributed by atoms with Crippen molar-refractivity contribution in [1.82, 2.24) is 20.2 Å². The second kappa shape index (κ2) is 6.21. The van der Waals surface area contributed by atoms with Gasteiger partial charge in [-0.15, -0.1) is 21.5 Å². The van der Waals surface area contributed by atoms with Crippen molar-refractivity contribution in [2.24, 2.45) is 0 Å². The Labute approximate surface area is 141 Å². The van der Waals surface area contributed by atoms with Crippen molar-refractivity contribution in [3.8, 4) is 10.7 Å². The predicted octanol–water partition coefficient (Wildman–Crippen LogP) is 3.19. The van der Waals surface area contributed by atoms with Gasteiger partial charge in [-0.2, -0.15) is 4.80 Å². The molecule has 0 aliphatic rings. The van der Waals surface area contributed by atoms with Gasteiger partial charge in [0.25, 0.3) is 0 Å². The molecule has 0 saturated carbocycles. The lowest BCUT2D eigenvalue weighted by molar-refractivity contribution is -0.117. The van der Waals surface area contributed by atoms with Crippen molar-refractivity contribution in [3.05, 3.63) is 60.0 Å². The van der Waals surface area contributed by atoms with Crippen molar-refractivity contribution >= 4 is 33.7 Å². The fourth-order valence-electron chi connectivity index (χ4n) is 2.41. The molecule has 24 heavy (non-hydrogen) atoms. The van der Waals surface area contributed by atoms with E-state index in [-0.39, 0.29) is 12.5 Å². The van der Waals surface area contributed by atoms with E-state index in [9.17, 15) is 4.79 Å². The molecule has 118 valence electrons. The summed E-state index contributed by atoms with van der Waals surface area (Å²) in [5, 5.41) is 19.1. The highest BCUT2D eigenvalue weighted by atomic mass is 32.1. The van der Waals surface area contributed by atoms with Crippen LogP contribution in [-0.4, -0.2) is 26.1 Å². The van der Waals surface area contributed by atoms with Crippen LogP contribution in [0.1, 0.15) is 0 Å². The minimum atomic E-state index is -0.194. The molecule has 0 fully saturated rings. The number of fused-ring (bicyclic) bond motifs is 1. The number of nitrogens with zero attached hydrogens (tertiary/aromatic N) is 4. The average Bonchev–Trinajstić information content (AvgIpc) is 3.26. The van der Waals surface area contributed by atoms with E-state index in [1.807, 2.05) is 60.0 Å². The Hall–Kier alpha value is -3.06. The van der Waals surface area contributed by atoms with Crippen molar-refractivity contribution < 1.29 is 4.79 Å². The fraction of sp³-hybridized carbons (Fsp3) is 0.0588. The third-order valence-electron chi connectivity index (χ3n) is 3.51. The summed E-state index contributed by atoms with van der Waals surface area (Å²) in [4.78, 5) is 14.4. The van der Waals surface area contributed by atoms with Gasteiger partial charge in [-0.25, -0.2) is 0 Å². The number of carbonyl (C=O) groups excluding carboxylic acids is 1. The lowest BCUT2D eigenvalue weighted by Crippen LogP contribution is -2.20. The highest BCUT2D eigenvalue weighted by Crippen LogP contribution is 2.20. The Morgan fingerprint density at radius 3 is 2.79 bits per heavy atom. The van der Waals surface area contributed by atoms with Gasteiger partial charge in [0.05, 0.1) is 4.88 Å². The number of rotatable bonds is 4. The fourth-order valence-corrected chi connectivity index (χ4v) is 3.06. The molecule has 0 aliphatic heterocycles. The summed E-state index contributed by atoms with van der Waals surface area (Å²) < 4.78 is 0. The van der Waals surface area contributed by atoms with Gasteiger partial charge in [0.1, 0.15) is 6.54 Å². The highest BCUT2D eigenvalue weighted by Gasteiger charge is 2.10. The van der Waals surface area contributed by atoms with Crippen LogP contribution in [0.2, 0.25) is 0 Å². The summed E-state index contributed by atoms with van der Waals surface area (Å²) in [5.41, 5.74) is 0.747. The molecule has 2 aromatic carbocycles. The smallest absolute Gasteiger partial charge is 0.248 e. The molecule has 4 aromatic rings. The summed E-state index contributed by atoms with van der Waals surface area (Å²) in [5.74, 6) is 0.337. The van der Waals surface area contributed by atoms with Crippen molar-refractivity contribution in [2.45, 2.75) is 6.54 Å². The molecule has 0 spiro atoms. The van der Waals surface area contributed by atoms with Crippen LogP contribution in [0.3, 0.4) is 0 Å². The molecule has 2 aromatic heterocycles. The van der Waals surface area contributed by atoms with Crippen LogP contribution in [0.25, 0.3) is 21.5 Å². The largest absolute Gasteiger partial charge is 0.324 e. The van der Waals surface area contributed by atoms with Gasteiger partial charge >= 0.3 is 0 Å². The maximum Gasteiger partial charge on any atom is 0.248 e. The van der Waals surface area contributed by atoms with Crippen LogP contribution >= 0.6 is 11.3 Å². The van der Waals surface area contributed by atoms with Gasteiger partial charge in [0.2, 0.25) is 11.7 Å². The van der Waals surface area contributed by atoms with Gasteiger partial charge in [-0.3, -0.25) is 4.79 Å². The van der Waals surface area contributed by atoms with Crippen molar-refractivity contribution in [2.75, 3.05) is 5.32 Å². The van der Waals surface area contributed by atoms with Gasteiger partial charge in [0, 0.05) is 5.69 Å². The zero-order valence-corrected chi connectivity index (χ0v) is 13.4. The SMILES string of the molecule is O=C(Cn1nnc(-c2cccs2)n1)Nc1ccc2ccccc2c1. The minimum Gasteiger partial charge on any atom is -0.324 e. The number of hydrogen-bond donors (Lipinski definition) is 1. The van der Waals surface area contributed by atoms with E-state index in [1.54, 1.807) is 0 Å². The number of nitrogens with one attached hydrogen (secondary N) is 1. The Balaban J connectivity index is 1.46. The second-order valence-electron chi connectivity index (χ2n) is 5.23. The van der Waals surface area contributed by atoms with E-state index >= 15 is 0 Å². The number of thiophene rings is 1. The molecule has 7 heteroatoms. The summed E-state index contributed by atoms with van der Waals surface area (Å²) in [7, 11) is 0. The molecular formula is C17H13N5OS. The van der Waals surface area contributed by atoms with Gasteiger partial charge in [-0.1, -0.05) is 36.4 Å². The summed E-state index contributed by atoms with van der Waals surface area (Å²) in [6.45, 7) is 0.0190. The Bertz CT molecular complexity index is 993. The van der Waals surface area contributed by atoms with Gasteiger partial charge in [0.15, 0.2) is 0 Å². The molecular weight excluding hydrogens is 322 g/mol. The highest BCUT2D eigenvalue weighted by molar-refractivity contribution is 7.13. The first-order valence-electron chi connectivity index (χ1n) is 7.38. The first-order valence-corrected chi connectivity index (χ1v) is 8.26. The predicted molar refractivity (Wildman–Crippen MR) is 93.7 cm³/mol. The van der Waals surface area contributed by atoms with Crippen LogP contribution in [0.15, 0.2) is 60.0 Å². The topological polar surface area (TPSA) is 72.7 Å². The molecule has 4 rings (SSSR count). The number of tetrazole rings is 1. The molecule has 1 N–H and O–H groups in total. The van der Waals surface area contributed by atoms with Crippen molar-refractivity contribution in [3.63, 3.8) is 0 Å². The normalized spacial score (nSPS) is 10.8. The van der Waals surface area contributed by atoms with E-state index in [0.29, 0.717) is 5.82 Å². The summed E-state index contributed by atoms with van der Waals surface area (Å²) >= 11 is 1.53. The maximum absolute atomic E-state index is 12.2. The molecule has 0 radical (unpaired) electrons. The standard InChI is InChI=1S/C17H13N5OS/c23-16(11-22-20-17(19-21-22)15-6-3-9-24-15)18-14-8-7-12-4-1-2-5-13(12)10-14/h1-10H,11H2,(H,18,23). The molecule has 0 atom stereocenters. The lowest BCUT2D eigenvalue weighted by Gasteiger charge is -2.06. The third-order valence-corrected chi connectivity index (χ3v) is 4.38. The van der Waals surface area contributed by atoms with Crippen LogP contribution < -0.4 is 5.32 Å². The quantitative estimate of drug-likeness (QED) is 0.621. The first-order chi connectivity index (χ1) is 11.8. The minimum absolute atomic E-state index is 0.0190. The Morgan fingerprint density at radius 2 is 1.96 bits per heavy atom. The van der Waals surface area contributed by atoms with Gasteiger partial charge < -0.3 is 5.32 Å². The molecule has 0 unspecified atom stereocenters. The number of carbonyl (C=O) groups is 1. The number of anilines is 1. The number of benzene rings is 2. The Morgan fingerprint density at radius 1 is 1.08 bits per heavy atom. The van der Waals surface area contributed by atoms with Gasteiger partial charge in [-0.05, 0) is 39.6 Å². The number of aromatic nitrogens is 4. The van der Waals surface area contributed by atoms with E-state index < -0.39 is 0 Å². The summed E-state index contributed by atoms with van der Waals surface area (Å²) in [6, 6.07) is 17.7. The number of hydrogen-bond acceptors (Lipinski definition) is 5. The van der Waals surface area contributed by atoms with E-state index in [4.69, 9.17) is 0 Å². The monoisotopic (exact) mass is 335 g/mol. The van der Waals surface area contributed by atoms with Crippen molar-refractivity contribution in [1.29, 1.82) is 0 Å².